The summed E-state index contributed by atoms with van der Waals surface area (Å²) in [6, 6.07) is 49.3. The molecule has 1 aliphatic heterocycles. The zero-order valence-corrected chi connectivity index (χ0v) is 24.8. The number of ether oxygens (including phenoxy) is 1. The molecule has 3 aromatic heterocycles. The van der Waals surface area contributed by atoms with Crippen LogP contribution >= 0.6 is 0 Å². The Balaban J connectivity index is 1.44. The second-order valence-electron chi connectivity index (χ2n) is 10.9. The van der Waals surface area contributed by atoms with E-state index in [9.17, 15) is 0 Å². The first kappa shape index (κ1) is 26.0. The lowest BCUT2D eigenvalue weighted by atomic mass is 10.00. The number of fused-ring (bicyclic) bond motifs is 2. The number of nitrogens with zero attached hydrogens (tertiary/aromatic N) is 3. The van der Waals surface area contributed by atoms with Crippen LogP contribution in [0.1, 0.15) is 0 Å². The van der Waals surface area contributed by atoms with E-state index >= 15 is 0 Å². The summed E-state index contributed by atoms with van der Waals surface area (Å²) < 4.78 is 6.94. The molecule has 1 aliphatic rings. The summed E-state index contributed by atoms with van der Waals surface area (Å²) in [5.41, 5.74) is 5.65. The maximum atomic E-state index is 6.94. The number of pyridine rings is 3. The van der Waals surface area contributed by atoms with Crippen molar-refractivity contribution < 1.29 is 4.74 Å². The van der Waals surface area contributed by atoms with Crippen molar-refractivity contribution in [3.63, 3.8) is 0 Å². The zero-order chi connectivity index (χ0) is 29.3. The topological polar surface area (TPSA) is 47.9 Å². The van der Waals surface area contributed by atoms with Crippen molar-refractivity contribution in [3.05, 3.63) is 164 Å². The molecule has 4 aromatic carbocycles. The lowest BCUT2D eigenvalue weighted by molar-refractivity contribution is 0.489. The minimum absolute atomic E-state index is 0.845. The lowest BCUT2D eigenvalue weighted by Crippen LogP contribution is -2.76. The van der Waals surface area contributed by atoms with Crippen LogP contribution < -0.4 is 25.5 Å². The molecule has 4 nitrogen and oxygen atoms in total. The highest BCUT2D eigenvalue weighted by Crippen LogP contribution is 2.39. The highest BCUT2D eigenvalue weighted by atomic mass is 28.3. The first-order valence-electron chi connectivity index (χ1n) is 14.7. The average molecular weight is 582 g/mol. The van der Waals surface area contributed by atoms with E-state index in [4.69, 9.17) is 9.72 Å². The van der Waals surface area contributed by atoms with Crippen molar-refractivity contribution in [2.75, 3.05) is 0 Å². The van der Waals surface area contributed by atoms with Gasteiger partial charge in [0.05, 0.1) is 11.4 Å². The van der Waals surface area contributed by atoms with Crippen molar-refractivity contribution >= 4 is 28.8 Å². The summed E-state index contributed by atoms with van der Waals surface area (Å²) in [5.74, 6) is 1.80. The van der Waals surface area contributed by atoms with Gasteiger partial charge in [0.2, 0.25) is 0 Å². The molecule has 0 N–H and O–H groups in total. The standard InChI is InChI=1S/C39H27N3OSi/c1-3-14-31(15-4-1)44(32-16-5-2-6-17-32)37-20-8-7-19-36(37)43-39-33(18-9-21-38(39)44)30-24-34(28-12-10-22-40-26-28)42-35(25-30)29-13-11-23-41-27-29/h1-27H. The van der Waals surface area contributed by atoms with Gasteiger partial charge < -0.3 is 4.74 Å². The van der Waals surface area contributed by atoms with Gasteiger partial charge in [-0.25, -0.2) is 4.98 Å². The Morgan fingerprint density at radius 1 is 0.477 bits per heavy atom. The summed E-state index contributed by atoms with van der Waals surface area (Å²) in [5, 5.41) is 5.13. The Bertz CT molecular complexity index is 1990. The van der Waals surface area contributed by atoms with Crippen LogP contribution in [0, 0.1) is 0 Å². The molecule has 0 saturated heterocycles. The van der Waals surface area contributed by atoms with Crippen molar-refractivity contribution in [1.82, 2.24) is 15.0 Å². The van der Waals surface area contributed by atoms with E-state index < -0.39 is 8.07 Å². The van der Waals surface area contributed by atoms with Crippen LogP contribution in [0.2, 0.25) is 0 Å². The SMILES string of the molecule is c1ccc([Si]2(c3ccccc3)c3ccccc3Oc3c(-c4cc(-c5cccnc5)nc(-c5cccnc5)c4)cccc32)cc1. The molecule has 5 heteroatoms. The van der Waals surface area contributed by atoms with E-state index in [0.29, 0.717) is 0 Å². The third-order valence-electron chi connectivity index (χ3n) is 8.39. The molecule has 0 saturated carbocycles. The maximum absolute atomic E-state index is 6.94. The predicted octanol–water partition coefficient (Wildman–Crippen LogP) is 6.36. The van der Waals surface area contributed by atoms with Gasteiger partial charge in [-0.1, -0.05) is 97.1 Å². The Morgan fingerprint density at radius 2 is 1.05 bits per heavy atom. The molecule has 7 aromatic rings. The third kappa shape index (κ3) is 4.25. The molecule has 0 amide bonds. The molecule has 44 heavy (non-hydrogen) atoms. The second kappa shape index (κ2) is 10.9. The van der Waals surface area contributed by atoms with E-state index in [1.54, 1.807) is 12.4 Å². The van der Waals surface area contributed by atoms with Gasteiger partial charge in [-0.05, 0) is 68.8 Å². The van der Waals surface area contributed by atoms with Crippen LogP contribution in [-0.4, -0.2) is 23.0 Å². The van der Waals surface area contributed by atoms with Crippen molar-refractivity contribution in [1.29, 1.82) is 0 Å². The molecule has 0 fully saturated rings. The van der Waals surface area contributed by atoms with E-state index in [1.807, 2.05) is 36.7 Å². The fourth-order valence-electron chi connectivity index (χ4n) is 6.47. The Kier molecular flexibility index (Phi) is 6.43. The summed E-state index contributed by atoms with van der Waals surface area (Å²) in [7, 11) is -2.76. The zero-order valence-electron chi connectivity index (χ0n) is 23.8. The molecule has 4 heterocycles. The van der Waals surface area contributed by atoms with Gasteiger partial charge in [0.15, 0.2) is 8.07 Å². The molecule has 0 unspecified atom stereocenters. The van der Waals surface area contributed by atoms with Crippen LogP contribution in [0.15, 0.2) is 164 Å². The van der Waals surface area contributed by atoms with Gasteiger partial charge in [-0.2, -0.15) is 0 Å². The maximum Gasteiger partial charge on any atom is 0.188 e. The third-order valence-corrected chi connectivity index (χ3v) is 13.2. The summed E-state index contributed by atoms with van der Waals surface area (Å²) in [4.78, 5) is 13.8. The number of rotatable bonds is 5. The van der Waals surface area contributed by atoms with Crippen molar-refractivity contribution in [2.45, 2.75) is 0 Å². The average Bonchev–Trinajstić information content (AvgIpc) is 3.11. The van der Waals surface area contributed by atoms with E-state index in [1.165, 1.54) is 20.7 Å². The predicted molar refractivity (Wildman–Crippen MR) is 180 cm³/mol. The molecule has 0 radical (unpaired) electrons. The van der Waals surface area contributed by atoms with Gasteiger partial charge in [0, 0.05) is 41.5 Å². The summed E-state index contributed by atoms with van der Waals surface area (Å²) in [6.07, 6.45) is 7.28. The summed E-state index contributed by atoms with van der Waals surface area (Å²) >= 11 is 0. The van der Waals surface area contributed by atoms with Crippen LogP contribution in [0.25, 0.3) is 33.6 Å². The minimum Gasteiger partial charge on any atom is -0.457 e. The smallest absolute Gasteiger partial charge is 0.188 e. The number of para-hydroxylation sites is 2. The number of aromatic nitrogens is 3. The van der Waals surface area contributed by atoms with Crippen molar-refractivity contribution in [2.24, 2.45) is 0 Å². The molecule has 8 rings (SSSR count). The number of benzene rings is 4. The molecule has 0 bridgehead atoms. The fraction of sp³-hybridized carbons (Fsp3) is 0. The van der Waals surface area contributed by atoms with Crippen LogP contribution in [-0.2, 0) is 0 Å². The van der Waals surface area contributed by atoms with Gasteiger partial charge >= 0.3 is 0 Å². The van der Waals surface area contributed by atoms with Crippen LogP contribution in [0.3, 0.4) is 0 Å². The molecule has 0 aliphatic carbocycles. The minimum atomic E-state index is -2.76. The quantitative estimate of drug-likeness (QED) is 0.222. The number of hydrogen-bond acceptors (Lipinski definition) is 4. The summed E-state index contributed by atoms with van der Waals surface area (Å²) in [6.45, 7) is 0. The Labute approximate surface area is 257 Å². The molecule has 208 valence electrons. The molecule has 0 atom stereocenters. The molecular formula is C39H27N3OSi. The lowest BCUT2D eigenvalue weighted by Gasteiger charge is -2.40. The highest BCUT2D eigenvalue weighted by Gasteiger charge is 2.48. The number of hydrogen-bond donors (Lipinski definition) is 0. The molecule has 0 spiro atoms. The van der Waals surface area contributed by atoms with Gasteiger partial charge in [-0.15, -0.1) is 0 Å². The van der Waals surface area contributed by atoms with E-state index in [2.05, 4.69) is 125 Å². The van der Waals surface area contributed by atoms with Gasteiger partial charge in [-0.3, -0.25) is 9.97 Å². The monoisotopic (exact) mass is 581 g/mol. The second-order valence-corrected chi connectivity index (χ2v) is 14.6. The fourth-order valence-corrected chi connectivity index (χ4v) is 11.4. The van der Waals surface area contributed by atoms with Gasteiger partial charge in [0.1, 0.15) is 11.5 Å². The van der Waals surface area contributed by atoms with Crippen molar-refractivity contribution in [3.8, 4) is 45.1 Å². The van der Waals surface area contributed by atoms with Crippen LogP contribution in [0.4, 0.5) is 0 Å². The normalized spacial score (nSPS) is 12.9. The Hall–Kier alpha value is -5.65. The Morgan fingerprint density at radius 3 is 1.64 bits per heavy atom. The largest absolute Gasteiger partial charge is 0.457 e. The highest BCUT2D eigenvalue weighted by molar-refractivity contribution is 7.20. The first-order valence-corrected chi connectivity index (χ1v) is 16.7. The van der Waals surface area contributed by atoms with E-state index in [0.717, 1.165) is 45.1 Å². The first-order chi connectivity index (χ1) is 21.8. The van der Waals surface area contributed by atoms with E-state index in [-0.39, 0.29) is 0 Å². The molecular weight excluding hydrogens is 555 g/mol. The van der Waals surface area contributed by atoms with Gasteiger partial charge in [0.25, 0.3) is 0 Å². The van der Waals surface area contributed by atoms with Crippen LogP contribution in [0.5, 0.6) is 11.5 Å².